The van der Waals surface area contributed by atoms with Crippen molar-refractivity contribution in [3.8, 4) is 0 Å². The van der Waals surface area contributed by atoms with Crippen molar-refractivity contribution in [2.24, 2.45) is 17.6 Å². The molecule has 2 nitrogen and oxygen atoms in total. The Kier molecular flexibility index (Phi) is 2.44. The van der Waals surface area contributed by atoms with Crippen molar-refractivity contribution >= 4 is 5.71 Å². The second-order valence-electron chi connectivity index (χ2n) is 3.34. The molecule has 3 N–H and O–H groups in total. The molecule has 10 heavy (non-hydrogen) atoms. The maximum absolute atomic E-state index is 7.56. The van der Waals surface area contributed by atoms with Gasteiger partial charge in [-0.15, -0.1) is 0 Å². The van der Waals surface area contributed by atoms with Gasteiger partial charge in [0.15, 0.2) is 0 Å². The molecule has 1 saturated carbocycles. The Morgan fingerprint density at radius 3 is 2.90 bits per heavy atom. The Labute approximate surface area is 62.3 Å². The molecule has 1 fully saturated rings. The Hall–Kier alpha value is -0.370. The predicted molar refractivity (Wildman–Crippen MR) is 43.3 cm³/mol. The second kappa shape index (κ2) is 3.15. The summed E-state index contributed by atoms with van der Waals surface area (Å²) in [6.07, 6.45) is 3.30. The predicted octanol–water partition coefficient (Wildman–Crippen LogP) is 1.40. The van der Waals surface area contributed by atoms with E-state index in [0.717, 1.165) is 24.5 Å². The lowest BCUT2D eigenvalue weighted by Gasteiger charge is -2.26. The molecule has 1 rings (SSSR count). The summed E-state index contributed by atoms with van der Waals surface area (Å²) in [6.45, 7) is 2.91. The SMILES string of the molecule is CC1CCC(=N)C(CN)C1. The van der Waals surface area contributed by atoms with Gasteiger partial charge in [0.25, 0.3) is 0 Å². The zero-order chi connectivity index (χ0) is 7.56. The smallest absolute Gasteiger partial charge is 0.0133 e. The summed E-state index contributed by atoms with van der Waals surface area (Å²) < 4.78 is 0. The van der Waals surface area contributed by atoms with E-state index in [2.05, 4.69) is 6.92 Å². The minimum Gasteiger partial charge on any atom is -0.330 e. The quantitative estimate of drug-likeness (QED) is 0.568. The highest BCUT2D eigenvalue weighted by Crippen LogP contribution is 2.24. The zero-order valence-electron chi connectivity index (χ0n) is 6.56. The summed E-state index contributed by atoms with van der Waals surface area (Å²) in [5.41, 5.74) is 6.39. The molecule has 0 aromatic rings. The van der Waals surface area contributed by atoms with Crippen LogP contribution in [0.4, 0.5) is 0 Å². The standard InChI is InChI=1S/C8H16N2/c1-6-2-3-8(10)7(4-6)5-9/h6-7,10H,2-5,9H2,1H3. The van der Waals surface area contributed by atoms with E-state index >= 15 is 0 Å². The van der Waals surface area contributed by atoms with Crippen LogP contribution >= 0.6 is 0 Å². The molecule has 0 aliphatic heterocycles. The highest BCUT2D eigenvalue weighted by atomic mass is 14.6. The first-order valence-corrected chi connectivity index (χ1v) is 4.01. The molecular formula is C8H16N2. The van der Waals surface area contributed by atoms with Gasteiger partial charge < -0.3 is 11.1 Å². The Bertz CT molecular complexity index is 131. The van der Waals surface area contributed by atoms with Gasteiger partial charge in [-0.2, -0.15) is 0 Å². The molecule has 2 atom stereocenters. The fourth-order valence-electron chi connectivity index (χ4n) is 1.59. The minimum absolute atomic E-state index is 0.392. The Balaban J connectivity index is 2.45. The number of hydrogen-bond acceptors (Lipinski definition) is 2. The van der Waals surface area contributed by atoms with Crippen LogP contribution in [-0.4, -0.2) is 12.3 Å². The third-order valence-electron chi connectivity index (χ3n) is 2.37. The molecular weight excluding hydrogens is 124 g/mol. The van der Waals surface area contributed by atoms with Crippen LogP contribution in [-0.2, 0) is 0 Å². The molecule has 0 amide bonds. The third kappa shape index (κ3) is 1.57. The highest BCUT2D eigenvalue weighted by molar-refractivity contribution is 5.84. The van der Waals surface area contributed by atoms with Crippen LogP contribution in [0.25, 0.3) is 0 Å². The average Bonchev–Trinajstić information content (AvgIpc) is 1.94. The van der Waals surface area contributed by atoms with E-state index in [1.807, 2.05) is 0 Å². The van der Waals surface area contributed by atoms with Crippen LogP contribution in [0, 0.1) is 17.2 Å². The van der Waals surface area contributed by atoms with Gasteiger partial charge >= 0.3 is 0 Å². The van der Waals surface area contributed by atoms with Crippen LogP contribution in [0.3, 0.4) is 0 Å². The number of nitrogens with two attached hydrogens (primary N) is 1. The van der Waals surface area contributed by atoms with E-state index in [4.69, 9.17) is 11.1 Å². The first-order valence-electron chi connectivity index (χ1n) is 4.01. The van der Waals surface area contributed by atoms with Gasteiger partial charge in [-0.05, 0) is 25.2 Å². The van der Waals surface area contributed by atoms with Gasteiger partial charge in [-0.3, -0.25) is 0 Å². The first-order chi connectivity index (χ1) is 4.74. The van der Waals surface area contributed by atoms with Crippen LogP contribution in [0.2, 0.25) is 0 Å². The monoisotopic (exact) mass is 140 g/mol. The van der Waals surface area contributed by atoms with Gasteiger partial charge in [0, 0.05) is 18.2 Å². The van der Waals surface area contributed by atoms with Crippen LogP contribution in [0.1, 0.15) is 26.2 Å². The largest absolute Gasteiger partial charge is 0.330 e. The van der Waals surface area contributed by atoms with Crippen molar-refractivity contribution in [3.05, 3.63) is 0 Å². The van der Waals surface area contributed by atoms with Crippen molar-refractivity contribution in [1.82, 2.24) is 0 Å². The molecule has 1 aliphatic carbocycles. The molecule has 2 unspecified atom stereocenters. The van der Waals surface area contributed by atoms with Crippen molar-refractivity contribution in [2.45, 2.75) is 26.2 Å². The number of hydrogen-bond donors (Lipinski definition) is 2. The maximum atomic E-state index is 7.56. The summed E-state index contributed by atoms with van der Waals surface area (Å²) in [5, 5.41) is 7.56. The molecule has 2 heteroatoms. The van der Waals surface area contributed by atoms with E-state index in [9.17, 15) is 0 Å². The molecule has 0 aromatic heterocycles. The molecule has 0 saturated heterocycles. The first kappa shape index (κ1) is 7.73. The summed E-state index contributed by atoms with van der Waals surface area (Å²) in [4.78, 5) is 0. The van der Waals surface area contributed by atoms with Crippen molar-refractivity contribution in [3.63, 3.8) is 0 Å². The van der Waals surface area contributed by atoms with Crippen molar-refractivity contribution < 1.29 is 0 Å². The molecule has 0 bridgehead atoms. The van der Waals surface area contributed by atoms with Crippen molar-refractivity contribution in [2.75, 3.05) is 6.54 Å². The highest BCUT2D eigenvalue weighted by Gasteiger charge is 2.21. The lowest BCUT2D eigenvalue weighted by molar-refractivity contribution is 0.407. The third-order valence-corrected chi connectivity index (χ3v) is 2.37. The number of nitrogens with one attached hydrogen (secondary N) is 1. The van der Waals surface area contributed by atoms with Crippen LogP contribution in [0.5, 0.6) is 0 Å². The van der Waals surface area contributed by atoms with Gasteiger partial charge in [0.1, 0.15) is 0 Å². The van der Waals surface area contributed by atoms with E-state index in [1.54, 1.807) is 0 Å². The van der Waals surface area contributed by atoms with Crippen LogP contribution in [0.15, 0.2) is 0 Å². The van der Waals surface area contributed by atoms with E-state index < -0.39 is 0 Å². The lowest BCUT2D eigenvalue weighted by atomic mass is 9.81. The molecule has 58 valence electrons. The summed E-state index contributed by atoms with van der Waals surface area (Å²) in [7, 11) is 0. The van der Waals surface area contributed by atoms with Crippen LogP contribution < -0.4 is 5.73 Å². The van der Waals surface area contributed by atoms with Gasteiger partial charge in [0.05, 0.1) is 0 Å². The fourth-order valence-corrected chi connectivity index (χ4v) is 1.59. The number of rotatable bonds is 1. The second-order valence-corrected chi connectivity index (χ2v) is 3.34. The van der Waals surface area contributed by atoms with E-state index in [0.29, 0.717) is 12.5 Å². The zero-order valence-corrected chi connectivity index (χ0v) is 6.56. The molecule has 0 spiro atoms. The van der Waals surface area contributed by atoms with E-state index in [1.165, 1.54) is 6.42 Å². The van der Waals surface area contributed by atoms with Gasteiger partial charge in [-0.25, -0.2) is 0 Å². The fraction of sp³-hybridized carbons (Fsp3) is 0.875. The minimum atomic E-state index is 0.392. The van der Waals surface area contributed by atoms with Gasteiger partial charge in [0.2, 0.25) is 0 Å². The lowest BCUT2D eigenvalue weighted by Crippen LogP contribution is -2.29. The normalized spacial score (nSPS) is 34.4. The van der Waals surface area contributed by atoms with Gasteiger partial charge in [-0.1, -0.05) is 6.92 Å². The summed E-state index contributed by atoms with van der Waals surface area (Å²) in [6, 6.07) is 0. The summed E-state index contributed by atoms with van der Waals surface area (Å²) in [5.74, 6) is 1.17. The molecule has 0 radical (unpaired) electrons. The molecule has 1 aliphatic rings. The maximum Gasteiger partial charge on any atom is 0.0133 e. The molecule has 0 aromatic carbocycles. The Morgan fingerprint density at radius 2 is 2.40 bits per heavy atom. The van der Waals surface area contributed by atoms with Crippen molar-refractivity contribution in [1.29, 1.82) is 5.41 Å². The molecule has 0 heterocycles. The topological polar surface area (TPSA) is 49.9 Å². The average molecular weight is 140 g/mol. The summed E-state index contributed by atoms with van der Waals surface area (Å²) >= 11 is 0. The van der Waals surface area contributed by atoms with E-state index in [-0.39, 0.29) is 0 Å². The Morgan fingerprint density at radius 1 is 1.70 bits per heavy atom.